The van der Waals surface area contributed by atoms with Gasteiger partial charge in [0.1, 0.15) is 12.7 Å². The molecule has 0 fully saturated rings. The summed E-state index contributed by atoms with van der Waals surface area (Å²) >= 11 is 0. The van der Waals surface area contributed by atoms with Crippen LogP contribution in [0.3, 0.4) is 0 Å². The van der Waals surface area contributed by atoms with Crippen LogP contribution in [0.2, 0.25) is 0 Å². The van der Waals surface area contributed by atoms with Crippen LogP contribution < -0.4 is 5.32 Å². The second kappa shape index (κ2) is 5.58. The summed E-state index contributed by atoms with van der Waals surface area (Å²) in [5.74, 6) is 0. The zero-order valence-corrected chi connectivity index (χ0v) is 10.2. The van der Waals surface area contributed by atoms with Crippen molar-refractivity contribution in [3.05, 3.63) is 31.1 Å². The molecule has 0 amide bonds. The van der Waals surface area contributed by atoms with Crippen LogP contribution in [0.15, 0.2) is 31.1 Å². The Morgan fingerprint density at radius 1 is 1.29 bits per heavy atom. The first-order valence-corrected chi connectivity index (χ1v) is 5.82. The Hall–Kier alpha value is -1.69. The van der Waals surface area contributed by atoms with Gasteiger partial charge in [0, 0.05) is 25.0 Å². The maximum Gasteiger partial charge on any atom is 0.137 e. The standard InChI is InChI=1S/C11H18N6/c1-10(11(2)17-6-3-4-14-17)13-5-7-16-9-12-8-15-16/h3-4,6,8-11,13H,5,7H2,1-2H3. The van der Waals surface area contributed by atoms with Gasteiger partial charge >= 0.3 is 0 Å². The van der Waals surface area contributed by atoms with Crippen LogP contribution in [-0.4, -0.2) is 37.1 Å². The number of rotatable bonds is 6. The minimum atomic E-state index is 0.334. The maximum atomic E-state index is 4.24. The molecule has 2 atom stereocenters. The van der Waals surface area contributed by atoms with Crippen molar-refractivity contribution >= 4 is 0 Å². The van der Waals surface area contributed by atoms with Gasteiger partial charge in [-0.25, -0.2) is 4.98 Å². The highest BCUT2D eigenvalue weighted by Gasteiger charge is 2.12. The summed E-state index contributed by atoms with van der Waals surface area (Å²) in [4.78, 5) is 3.91. The van der Waals surface area contributed by atoms with E-state index in [1.165, 1.54) is 0 Å². The average molecular weight is 234 g/mol. The van der Waals surface area contributed by atoms with Gasteiger partial charge in [0.15, 0.2) is 0 Å². The summed E-state index contributed by atoms with van der Waals surface area (Å²) < 4.78 is 3.78. The molecule has 0 aliphatic heterocycles. The zero-order valence-electron chi connectivity index (χ0n) is 10.2. The summed E-state index contributed by atoms with van der Waals surface area (Å²) in [7, 11) is 0. The zero-order chi connectivity index (χ0) is 12.1. The van der Waals surface area contributed by atoms with Gasteiger partial charge in [-0.1, -0.05) is 0 Å². The van der Waals surface area contributed by atoms with E-state index in [9.17, 15) is 0 Å². The van der Waals surface area contributed by atoms with Crippen LogP contribution >= 0.6 is 0 Å². The Morgan fingerprint density at radius 2 is 2.18 bits per heavy atom. The summed E-state index contributed by atoms with van der Waals surface area (Å²) in [5, 5.41) is 11.8. The molecule has 0 aliphatic rings. The van der Waals surface area contributed by atoms with Crippen molar-refractivity contribution in [1.82, 2.24) is 29.9 Å². The Bertz CT molecular complexity index is 407. The normalized spacial score (nSPS) is 14.7. The SMILES string of the molecule is CC(NCCn1cncn1)C(C)n1cccn1. The van der Waals surface area contributed by atoms with E-state index >= 15 is 0 Å². The van der Waals surface area contributed by atoms with Crippen molar-refractivity contribution in [2.24, 2.45) is 0 Å². The number of nitrogens with zero attached hydrogens (tertiary/aromatic N) is 5. The smallest absolute Gasteiger partial charge is 0.137 e. The molecule has 6 nitrogen and oxygen atoms in total. The van der Waals surface area contributed by atoms with Crippen molar-refractivity contribution in [2.75, 3.05) is 6.54 Å². The van der Waals surface area contributed by atoms with E-state index < -0.39 is 0 Å². The fourth-order valence-corrected chi connectivity index (χ4v) is 1.68. The van der Waals surface area contributed by atoms with Crippen molar-refractivity contribution < 1.29 is 0 Å². The van der Waals surface area contributed by atoms with E-state index in [4.69, 9.17) is 0 Å². The molecule has 2 heterocycles. The molecule has 2 aromatic rings. The second-order valence-electron chi connectivity index (χ2n) is 4.13. The lowest BCUT2D eigenvalue weighted by atomic mass is 10.2. The Morgan fingerprint density at radius 3 is 2.82 bits per heavy atom. The third-order valence-corrected chi connectivity index (χ3v) is 2.94. The molecule has 1 N–H and O–H groups in total. The second-order valence-corrected chi connectivity index (χ2v) is 4.13. The van der Waals surface area contributed by atoms with Gasteiger partial charge in [-0.2, -0.15) is 10.2 Å². The molecular weight excluding hydrogens is 216 g/mol. The summed E-state index contributed by atoms with van der Waals surface area (Å²) in [5.41, 5.74) is 0. The van der Waals surface area contributed by atoms with Gasteiger partial charge in [0.25, 0.3) is 0 Å². The van der Waals surface area contributed by atoms with Gasteiger partial charge in [-0.05, 0) is 19.9 Å². The van der Waals surface area contributed by atoms with Crippen LogP contribution in [0.1, 0.15) is 19.9 Å². The Balaban J connectivity index is 1.75. The predicted molar refractivity (Wildman–Crippen MR) is 64.4 cm³/mol. The highest BCUT2D eigenvalue weighted by molar-refractivity contribution is 4.83. The number of hydrogen-bond donors (Lipinski definition) is 1. The van der Waals surface area contributed by atoms with Gasteiger partial charge in [-0.3, -0.25) is 9.36 Å². The predicted octanol–water partition coefficient (Wildman–Crippen LogP) is 0.714. The van der Waals surface area contributed by atoms with Gasteiger partial charge in [0.2, 0.25) is 0 Å². The first-order chi connectivity index (χ1) is 8.27. The van der Waals surface area contributed by atoms with Gasteiger partial charge < -0.3 is 5.32 Å². The number of hydrogen-bond acceptors (Lipinski definition) is 4. The Labute approximate surface area is 101 Å². The molecule has 0 radical (unpaired) electrons. The van der Waals surface area contributed by atoms with Crippen LogP contribution in [0, 0.1) is 0 Å². The van der Waals surface area contributed by atoms with E-state index in [1.807, 2.05) is 21.6 Å². The molecule has 0 saturated heterocycles. The largest absolute Gasteiger partial charge is 0.310 e. The molecule has 0 saturated carbocycles. The topological polar surface area (TPSA) is 60.6 Å². The molecule has 2 rings (SSSR count). The average Bonchev–Trinajstić information content (AvgIpc) is 3.00. The van der Waals surface area contributed by atoms with Crippen LogP contribution in [-0.2, 0) is 6.54 Å². The molecular formula is C11H18N6. The summed E-state index contributed by atoms with van der Waals surface area (Å²) in [6.45, 7) is 6.01. The molecule has 2 unspecified atom stereocenters. The van der Waals surface area contributed by atoms with Crippen LogP contribution in [0.25, 0.3) is 0 Å². The lowest BCUT2D eigenvalue weighted by Gasteiger charge is -2.21. The van der Waals surface area contributed by atoms with Gasteiger partial charge in [0.05, 0.1) is 12.6 Å². The van der Waals surface area contributed by atoms with Crippen LogP contribution in [0.5, 0.6) is 0 Å². The fourth-order valence-electron chi connectivity index (χ4n) is 1.68. The molecule has 0 spiro atoms. The highest BCUT2D eigenvalue weighted by atomic mass is 15.3. The fraction of sp³-hybridized carbons (Fsp3) is 0.545. The van der Waals surface area contributed by atoms with Crippen molar-refractivity contribution in [3.8, 4) is 0 Å². The highest BCUT2D eigenvalue weighted by Crippen LogP contribution is 2.08. The molecule has 0 aliphatic carbocycles. The monoisotopic (exact) mass is 234 g/mol. The molecule has 0 bridgehead atoms. The minimum absolute atomic E-state index is 0.334. The van der Waals surface area contributed by atoms with E-state index in [0.717, 1.165) is 13.1 Å². The third kappa shape index (κ3) is 3.13. The van der Waals surface area contributed by atoms with Crippen LogP contribution in [0.4, 0.5) is 0 Å². The van der Waals surface area contributed by atoms with Crippen molar-refractivity contribution in [2.45, 2.75) is 32.5 Å². The number of aromatic nitrogens is 5. The van der Waals surface area contributed by atoms with E-state index in [-0.39, 0.29) is 0 Å². The minimum Gasteiger partial charge on any atom is -0.310 e. The van der Waals surface area contributed by atoms with Crippen molar-refractivity contribution in [1.29, 1.82) is 0 Å². The molecule has 0 aromatic carbocycles. The quantitative estimate of drug-likeness (QED) is 0.800. The molecule has 92 valence electrons. The molecule has 2 aromatic heterocycles. The molecule has 17 heavy (non-hydrogen) atoms. The van der Waals surface area contributed by atoms with E-state index in [1.54, 1.807) is 18.9 Å². The van der Waals surface area contributed by atoms with E-state index in [0.29, 0.717) is 12.1 Å². The lowest BCUT2D eigenvalue weighted by Crippen LogP contribution is -2.36. The maximum absolute atomic E-state index is 4.24. The molecule has 6 heteroatoms. The number of nitrogens with one attached hydrogen (secondary N) is 1. The summed E-state index contributed by atoms with van der Waals surface area (Å²) in [6, 6.07) is 2.64. The first kappa shape index (κ1) is 11.8. The first-order valence-electron chi connectivity index (χ1n) is 5.82. The van der Waals surface area contributed by atoms with Gasteiger partial charge in [-0.15, -0.1) is 0 Å². The third-order valence-electron chi connectivity index (χ3n) is 2.94. The summed E-state index contributed by atoms with van der Waals surface area (Å²) in [6.07, 6.45) is 7.07. The lowest BCUT2D eigenvalue weighted by molar-refractivity contribution is 0.358. The Kier molecular flexibility index (Phi) is 3.87. The van der Waals surface area contributed by atoms with E-state index in [2.05, 4.69) is 34.3 Å². The van der Waals surface area contributed by atoms with Crippen molar-refractivity contribution in [3.63, 3.8) is 0 Å².